The van der Waals surface area contributed by atoms with E-state index < -0.39 is 10.0 Å². The Labute approximate surface area is 204 Å². The van der Waals surface area contributed by atoms with Crippen molar-refractivity contribution in [3.8, 4) is 16.9 Å². The number of carbonyl (C=O) groups excluding carboxylic acids is 2. The van der Waals surface area contributed by atoms with Crippen LogP contribution in [0.4, 0.5) is 11.5 Å². The number of anilines is 2. The van der Waals surface area contributed by atoms with Crippen molar-refractivity contribution in [3.05, 3.63) is 53.2 Å². The summed E-state index contributed by atoms with van der Waals surface area (Å²) in [4.78, 5) is 25.0. The number of aryl methyl sites for hydroxylation is 3. The smallest absolute Gasteiger partial charge is 0.262 e. The van der Waals surface area contributed by atoms with Gasteiger partial charge in [0.05, 0.1) is 23.4 Å². The number of carbonyl (C=O) groups is 2. The first-order valence-corrected chi connectivity index (χ1v) is 12.9. The van der Waals surface area contributed by atoms with Crippen molar-refractivity contribution < 1.29 is 22.7 Å². The van der Waals surface area contributed by atoms with Crippen LogP contribution in [0.5, 0.6) is 5.75 Å². The zero-order chi connectivity index (χ0) is 25.3. The average Bonchev–Trinajstić information content (AvgIpc) is 3.08. The molecule has 0 unspecified atom stereocenters. The number of methoxy groups -OCH3 is 1. The van der Waals surface area contributed by atoms with Crippen LogP contribution in [0.3, 0.4) is 0 Å². The van der Waals surface area contributed by atoms with Crippen LogP contribution < -0.4 is 14.8 Å². The number of ether oxygens (including phenoxy) is 1. The molecule has 0 radical (unpaired) electrons. The van der Waals surface area contributed by atoms with E-state index in [9.17, 15) is 18.0 Å². The number of hydrogen-bond acceptors (Lipinski definition) is 6. The van der Waals surface area contributed by atoms with Crippen molar-refractivity contribution in [1.82, 2.24) is 9.78 Å². The summed E-state index contributed by atoms with van der Waals surface area (Å²) in [7, 11) is -2.52. The van der Waals surface area contributed by atoms with Gasteiger partial charge in [-0.3, -0.25) is 14.3 Å². The van der Waals surface area contributed by atoms with Crippen LogP contribution in [0.2, 0.25) is 0 Å². The second kappa shape index (κ2) is 9.53. The molecule has 1 aromatic heterocycles. The highest BCUT2D eigenvalue weighted by molar-refractivity contribution is 7.92. The summed E-state index contributed by atoms with van der Waals surface area (Å²) in [5.74, 6) is 0.118. The predicted octanol–water partition coefficient (Wildman–Crippen LogP) is 4.30. The monoisotopic (exact) mass is 496 g/mol. The Kier molecular flexibility index (Phi) is 6.66. The van der Waals surface area contributed by atoms with Crippen LogP contribution in [-0.2, 0) is 21.2 Å². The van der Waals surface area contributed by atoms with Crippen molar-refractivity contribution in [1.29, 1.82) is 0 Å². The van der Waals surface area contributed by atoms with Gasteiger partial charge < -0.3 is 10.1 Å². The van der Waals surface area contributed by atoms with Gasteiger partial charge >= 0.3 is 0 Å². The third kappa shape index (κ3) is 4.79. The van der Waals surface area contributed by atoms with Crippen LogP contribution in [0.25, 0.3) is 11.1 Å². The minimum Gasteiger partial charge on any atom is -0.495 e. The SMILES string of the molecule is CCCc1nn2c(c1-c1ccc(C)c(S(=O)(=O)Nc3cc(C)ccc3OC)c1)NC(=O)CCC2=O. The van der Waals surface area contributed by atoms with Gasteiger partial charge in [-0.1, -0.05) is 31.5 Å². The third-order valence-electron chi connectivity index (χ3n) is 5.87. The molecule has 0 saturated heterocycles. The Morgan fingerprint density at radius 2 is 1.89 bits per heavy atom. The topological polar surface area (TPSA) is 119 Å². The molecule has 2 heterocycles. The number of nitrogens with zero attached hydrogens (tertiary/aromatic N) is 2. The maximum atomic E-state index is 13.5. The number of nitrogens with one attached hydrogen (secondary N) is 2. The van der Waals surface area contributed by atoms with E-state index >= 15 is 0 Å². The lowest BCUT2D eigenvalue weighted by Crippen LogP contribution is -2.15. The van der Waals surface area contributed by atoms with Crippen molar-refractivity contribution >= 4 is 33.3 Å². The fourth-order valence-corrected chi connectivity index (χ4v) is 5.47. The summed E-state index contributed by atoms with van der Waals surface area (Å²) in [5, 5.41) is 7.27. The minimum atomic E-state index is -3.99. The lowest BCUT2D eigenvalue weighted by Gasteiger charge is -2.15. The summed E-state index contributed by atoms with van der Waals surface area (Å²) in [6.07, 6.45) is 1.45. The number of rotatable bonds is 7. The maximum Gasteiger partial charge on any atom is 0.262 e. The molecule has 1 amide bonds. The van der Waals surface area contributed by atoms with Crippen LogP contribution in [0.15, 0.2) is 41.3 Å². The molecule has 0 bridgehead atoms. The van der Waals surface area contributed by atoms with Crippen molar-refractivity contribution in [2.75, 3.05) is 17.1 Å². The van der Waals surface area contributed by atoms with Gasteiger partial charge in [0, 0.05) is 18.4 Å². The third-order valence-corrected chi connectivity index (χ3v) is 7.38. The number of benzene rings is 2. The largest absolute Gasteiger partial charge is 0.495 e. The molecule has 4 rings (SSSR count). The molecule has 0 fully saturated rings. The van der Waals surface area contributed by atoms with E-state index in [-0.39, 0.29) is 35.4 Å². The van der Waals surface area contributed by atoms with E-state index in [1.807, 2.05) is 19.9 Å². The summed E-state index contributed by atoms with van der Waals surface area (Å²) in [6.45, 7) is 5.56. The highest BCUT2D eigenvalue weighted by Crippen LogP contribution is 2.37. The highest BCUT2D eigenvalue weighted by atomic mass is 32.2. The number of sulfonamides is 1. The number of aromatic nitrogens is 2. The zero-order valence-corrected chi connectivity index (χ0v) is 21.0. The summed E-state index contributed by atoms with van der Waals surface area (Å²) in [6, 6.07) is 10.3. The molecule has 35 heavy (non-hydrogen) atoms. The molecule has 10 heteroatoms. The minimum absolute atomic E-state index is 0.0568. The predicted molar refractivity (Wildman–Crippen MR) is 133 cm³/mol. The Hall–Kier alpha value is -3.66. The second-order valence-corrected chi connectivity index (χ2v) is 10.2. The van der Waals surface area contributed by atoms with E-state index in [1.54, 1.807) is 37.3 Å². The average molecular weight is 497 g/mol. The number of hydrogen-bond donors (Lipinski definition) is 2. The quantitative estimate of drug-likeness (QED) is 0.503. The summed E-state index contributed by atoms with van der Waals surface area (Å²) in [5.41, 5.74) is 3.48. The zero-order valence-electron chi connectivity index (χ0n) is 20.1. The van der Waals surface area contributed by atoms with E-state index in [4.69, 9.17) is 4.74 Å². The van der Waals surface area contributed by atoms with Gasteiger partial charge in [-0.25, -0.2) is 8.42 Å². The molecule has 9 nitrogen and oxygen atoms in total. The molecule has 0 aliphatic carbocycles. The van der Waals surface area contributed by atoms with Gasteiger partial charge in [0.1, 0.15) is 11.6 Å². The first-order valence-electron chi connectivity index (χ1n) is 11.4. The van der Waals surface area contributed by atoms with Gasteiger partial charge in [0.25, 0.3) is 10.0 Å². The fourth-order valence-electron chi connectivity index (χ4n) is 4.14. The summed E-state index contributed by atoms with van der Waals surface area (Å²) >= 11 is 0. The van der Waals surface area contributed by atoms with Gasteiger partial charge in [0.2, 0.25) is 11.8 Å². The summed E-state index contributed by atoms with van der Waals surface area (Å²) < 4.78 is 36.1. The normalized spacial score (nSPS) is 13.7. The second-order valence-electron chi connectivity index (χ2n) is 8.56. The lowest BCUT2D eigenvalue weighted by atomic mass is 10.0. The van der Waals surface area contributed by atoms with Gasteiger partial charge in [-0.15, -0.1) is 0 Å². The van der Waals surface area contributed by atoms with Gasteiger partial charge in [0.15, 0.2) is 0 Å². The molecular formula is C25H28N4O5S. The fraction of sp³-hybridized carbons (Fsp3) is 0.320. The standard InChI is InChI=1S/C25H28N4O5S/c1-5-6-18-24(25-26-22(30)11-12-23(31)29(25)27-18)17-9-8-16(3)21(14-17)35(32,33)28-19-13-15(2)7-10-20(19)34-4/h7-10,13-14,28H,5-6,11-12H2,1-4H3,(H,26,30). The van der Waals surface area contributed by atoms with Gasteiger partial charge in [-0.2, -0.15) is 9.78 Å². The van der Waals surface area contributed by atoms with Crippen LogP contribution in [0.1, 0.15) is 47.8 Å². The van der Waals surface area contributed by atoms with Crippen LogP contribution in [0, 0.1) is 13.8 Å². The number of fused-ring (bicyclic) bond motifs is 1. The van der Waals surface area contributed by atoms with E-state index in [1.165, 1.54) is 11.8 Å². The molecule has 0 saturated carbocycles. The van der Waals surface area contributed by atoms with Crippen LogP contribution >= 0.6 is 0 Å². The molecule has 0 atom stereocenters. The first-order chi connectivity index (χ1) is 16.6. The first kappa shape index (κ1) is 24.5. The van der Waals surface area contributed by atoms with E-state index in [0.717, 1.165) is 12.0 Å². The molecule has 1 aliphatic rings. The number of amides is 1. The molecule has 0 spiro atoms. The Balaban J connectivity index is 1.84. The van der Waals surface area contributed by atoms with Crippen molar-refractivity contribution in [2.45, 2.75) is 51.3 Å². The van der Waals surface area contributed by atoms with Crippen molar-refractivity contribution in [2.24, 2.45) is 0 Å². The van der Waals surface area contributed by atoms with Crippen molar-refractivity contribution in [3.63, 3.8) is 0 Å². The van der Waals surface area contributed by atoms with Gasteiger partial charge in [-0.05, 0) is 55.2 Å². The molecule has 2 aromatic carbocycles. The Morgan fingerprint density at radius 3 is 2.60 bits per heavy atom. The molecule has 1 aliphatic heterocycles. The lowest BCUT2D eigenvalue weighted by molar-refractivity contribution is -0.116. The molecular weight excluding hydrogens is 468 g/mol. The Bertz CT molecular complexity index is 1430. The molecule has 184 valence electrons. The van der Waals surface area contributed by atoms with E-state index in [0.29, 0.717) is 40.2 Å². The maximum absolute atomic E-state index is 13.5. The van der Waals surface area contributed by atoms with E-state index in [2.05, 4.69) is 15.1 Å². The molecule has 3 aromatic rings. The molecule has 2 N–H and O–H groups in total. The highest BCUT2D eigenvalue weighted by Gasteiger charge is 2.28. The Morgan fingerprint density at radius 1 is 1.11 bits per heavy atom. The van der Waals surface area contributed by atoms with Crippen LogP contribution in [-0.4, -0.2) is 37.1 Å².